The molecule has 1 nitrogen and oxygen atoms in total. The van der Waals surface area contributed by atoms with Crippen molar-refractivity contribution in [3.8, 4) is 0 Å². The van der Waals surface area contributed by atoms with Crippen LogP contribution in [0.1, 0.15) is 80.6 Å². The van der Waals surface area contributed by atoms with Gasteiger partial charge in [0.1, 0.15) is 0 Å². The topological polar surface area (TPSA) is 17.1 Å². The Morgan fingerprint density at radius 3 is 2.10 bits per heavy atom. The van der Waals surface area contributed by atoms with Gasteiger partial charge in [-0.3, -0.25) is 4.79 Å². The van der Waals surface area contributed by atoms with Gasteiger partial charge < -0.3 is 0 Å². The lowest BCUT2D eigenvalue weighted by Crippen LogP contribution is -2.04. The number of ketones is 1. The molecule has 1 aromatic rings. The molecule has 0 aliphatic carbocycles. The van der Waals surface area contributed by atoms with Crippen LogP contribution in [0.2, 0.25) is 0 Å². The second-order valence-corrected chi connectivity index (χ2v) is 6.35. The summed E-state index contributed by atoms with van der Waals surface area (Å²) in [6, 6.07) is 8.04. The predicted octanol–water partition coefficient (Wildman–Crippen LogP) is 6.34. The van der Waals surface area contributed by atoms with Crippen LogP contribution in [0.5, 0.6) is 0 Å². The zero-order valence-electron chi connectivity index (χ0n) is 13.4. The van der Waals surface area contributed by atoms with Gasteiger partial charge >= 0.3 is 0 Å². The van der Waals surface area contributed by atoms with E-state index in [4.69, 9.17) is 0 Å². The molecule has 0 fully saturated rings. The molecule has 0 saturated carbocycles. The predicted molar refractivity (Wildman–Crippen MR) is 95.5 cm³/mol. The van der Waals surface area contributed by atoms with Gasteiger partial charge in [-0.2, -0.15) is 0 Å². The van der Waals surface area contributed by atoms with Crippen LogP contribution in [-0.4, -0.2) is 11.1 Å². The fourth-order valence-corrected chi connectivity index (χ4v) is 3.01. The number of Topliss-reactive ketones (excluding diaryl/α,β-unsaturated/α-hetero) is 1. The summed E-state index contributed by atoms with van der Waals surface area (Å²) in [5.41, 5.74) is 2.11. The molecule has 0 aliphatic heterocycles. The van der Waals surface area contributed by atoms with Gasteiger partial charge in [0.2, 0.25) is 0 Å². The van der Waals surface area contributed by atoms with Gasteiger partial charge in [0.05, 0.1) is 5.33 Å². The van der Waals surface area contributed by atoms with Crippen LogP contribution in [0.3, 0.4) is 0 Å². The van der Waals surface area contributed by atoms with Crippen LogP contribution in [0.4, 0.5) is 0 Å². The fraction of sp³-hybridized carbons (Fsp3) is 0.632. The average molecular weight is 353 g/mol. The smallest absolute Gasteiger partial charge is 0.173 e. The zero-order valence-corrected chi connectivity index (χ0v) is 15.0. The van der Waals surface area contributed by atoms with E-state index in [0.29, 0.717) is 5.33 Å². The van der Waals surface area contributed by atoms with E-state index in [2.05, 4.69) is 28.9 Å². The maximum absolute atomic E-state index is 11.8. The van der Waals surface area contributed by atoms with Crippen molar-refractivity contribution in [1.82, 2.24) is 0 Å². The van der Waals surface area contributed by atoms with Gasteiger partial charge in [-0.1, -0.05) is 98.5 Å². The van der Waals surface area contributed by atoms with Crippen LogP contribution in [0.15, 0.2) is 24.3 Å². The van der Waals surface area contributed by atoms with Gasteiger partial charge in [0.15, 0.2) is 5.78 Å². The third-order valence-corrected chi connectivity index (χ3v) is 4.50. The van der Waals surface area contributed by atoms with Crippen molar-refractivity contribution in [2.24, 2.45) is 0 Å². The minimum Gasteiger partial charge on any atom is -0.293 e. The van der Waals surface area contributed by atoms with Gasteiger partial charge in [-0.25, -0.2) is 0 Å². The molecule has 0 spiro atoms. The molecule has 0 amide bonds. The monoisotopic (exact) mass is 352 g/mol. The molecule has 0 saturated heterocycles. The SMILES string of the molecule is CCCCCCCCCCCc1ccccc1C(=O)CBr. The molecule has 1 rings (SSSR count). The highest BCUT2D eigenvalue weighted by molar-refractivity contribution is 9.09. The number of rotatable bonds is 12. The second kappa shape index (κ2) is 12.0. The van der Waals surface area contributed by atoms with Crippen molar-refractivity contribution in [1.29, 1.82) is 0 Å². The quantitative estimate of drug-likeness (QED) is 0.243. The molecule has 21 heavy (non-hydrogen) atoms. The van der Waals surface area contributed by atoms with Crippen molar-refractivity contribution in [2.75, 3.05) is 5.33 Å². The normalized spacial score (nSPS) is 10.8. The van der Waals surface area contributed by atoms with E-state index in [1.54, 1.807) is 0 Å². The van der Waals surface area contributed by atoms with Crippen LogP contribution in [0, 0.1) is 0 Å². The molecule has 0 atom stereocenters. The number of carbonyl (C=O) groups is 1. The lowest BCUT2D eigenvalue weighted by Gasteiger charge is -2.07. The van der Waals surface area contributed by atoms with E-state index < -0.39 is 0 Å². The summed E-state index contributed by atoms with van der Waals surface area (Å²) in [4.78, 5) is 11.8. The number of carbonyl (C=O) groups excluding carboxylic acids is 1. The maximum atomic E-state index is 11.8. The van der Waals surface area contributed by atoms with Gasteiger partial charge in [0, 0.05) is 5.56 Å². The summed E-state index contributed by atoms with van der Waals surface area (Å²) in [5.74, 6) is 0.196. The average Bonchev–Trinajstić information content (AvgIpc) is 2.53. The summed E-state index contributed by atoms with van der Waals surface area (Å²) < 4.78 is 0. The summed E-state index contributed by atoms with van der Waals surface area (Å²) >= 11 is 3.26. The molecule has 118 valence electrons. The number of hydrogen-bond acceptors (Lipinski definition) is 1. The van der Waals surface area contributed by atoms with Crippen molar-refractivity contribution < 1.29 is 4.79 Å². The number of unbranched alkanes of at least 4 members (excludes halogenated alkanes) is 8. The fourth-order valence-electron chi connectivity index (χ4n) is 2.71. The Kier molecular flexibility index (Phi) is 10.5. The Morgan fingerprint density at radius 2 is 1.48 bits per heavy atom. The van der Waals surface area contributed by atoms with E-state index in [-0.39, 0.29) is 5.78 Å². The molecule has 0 radical (unpaired) electrons. The summed E-state index contributed by atoms with van der Waals surface area (Å²) in [7, 11) is 0. The van der Waals surface area contributed by atoms with Gasteiger partial charge in [-0.15, -0.1) is 0 Å². The first kappa shape index (κ1) is 18.4. The molecule has 2 heteroatoms. The molecular weight excluding hydrogens is 324 g/mol. The molecule has 0 heterocycles. The standard InChI is InChI=1S/C19H29BrO/c1-2-3-4-5-6-7-8-9-10-13-17-14-11-12-15-18(17)19(21)16-20/h11-12,14-15H,2-10,13,16H2,1H3. The highest BCUT2D eigenvalue weighted by Gasteiger charge is 2.08. The Bertz CT molecular complexity index is 400. The second-order valence-electron chi connectivity index (χ2n) is 5.79. The van der Waals surface area contributed by atoms with Crippen LogP contribution < -0.4 is 0 Å². The maximum Gasteiger partial charge on any atom is 0.173 e. The Labute approximate surface area is 138 Å². The number of hydrogen-bond donors (Lipinski definition) is 0. The third-order valence-electron chi connectivity index (χ3n) is 3.99. The van der Waals surface area contributed by atoms with Crippen LogP contribution in [0.25, 0.3) is 0 Å². The number of halogens is 1. The molecule has 0 bridgehead atoms. The minimum absolute atomic E-state index is 0.196. The van der Waals surface area contributed by atoms with E-state index in [1.807, 2.05) is 18.2 Å². The summed E-state index contributed by atoms with van der Waals surface area (Å²) in [6.07, 6.45) is 13.1. The molecule has 1 aromatic carbocycles. The van der Waals surface area contributed by atoms with E-state index in [0.717, 1.165) is 12.0 Å². The molecule has 0 aromatic heterocycles. The number of alkyl halides is 1. The Hall–Kier alpha value is -0.630. The molecule has 0 aliphatic rings. The van der Waals surface area contributed by atoms with Crippen LogP contribution in [-0.2, 0) is 6.42 Å². The van der Waals surface area contributed by atoms with Crippen LogP contribution >= 0.6 is 15.9 Å². The minimum atomic E-state index is 0.196. The van der Waals surface area contributed by atoms with Crippen molar-refractivity contribution in [2.45, 2.75) is 71.1 Å². The zero-order chi connectivity index (χ0) is 15.3. The lowest BCUT2D eigenvalue weighted by molar-refractivity contribution is 0.102. The van der Waals surface area contributed by atoms with Crippen molar-refractivity contribution >= 4 is 21.7 Å². The van der Waals surface area contributed by atoms with E-state index in [9.17, 15) is 4.79 Å². The van der Waals surface area contributed by atoms with Gasteiger partial charge in [0.25, 0.3) is 0 Å². The third kappa shape index (κ3) is 7.80. The molecule has 0 unspecified atom stereocenters. The highest BCUT2D eigenvalue weighted by Crippen LogP contribution is 2.16. The summed E-state index contributed by atoms with van der Waals surface area (Å²) in [6.45, 7) is 2.26. The van der Waals surface area contributed by atoms with E-state index in [1.165, 1.54) is 63.4 Å². The highest BCUT2D eigenvalue weighted by atomic mass is 79.9. The van der Waals surface area contributed by atoms with E-state index >= 15 is 0 Å². The first-order valence-corrected chi connectivity index (χ1v) is 9.58. The molecule has 0 N–H and O–H groups in total. The Balaban J connectivity index is 2.17. The van der Waals surface area contributed by atoms with Crippen molar-refractivity contribution in [3.63, 3.8) is 0 Å². The number of benzene rings is 1. The summed E-state index contributed by atoms with van der Waals surface area (Å²) in [5, 5.41) is 0.418. The first-order valence-electron chi connectivity index (χ1n) is 8.46. The first-order chi connectivity index (χ1) is 10.3. The van der Waals surface area contributed by atoms with Crippen molar-refractivity contribution in [3.05, 3.63) is 35.4 Å². The number of aryl methyl sites for hydroxylation is 1. The Morgan fingerprint density at radius 1 is 0.905 bits per heavy atom. The lowest BCUT2D eigenvalue weighted by atomic mass is 9.98. The molecular formula is C19H29BrO. The largest absolute Gasteiger partial charge is 0.293 e. The van der Waals surface area contributed by atoms with Gasteiger partial charge in [-0.05, 0) is 18.4 Å².